The van der Waals surface area contributed by atoms with Crippen LogP contribution in [0.1, 0.15) is 24.0 Å². The van der Waals surface area contributed by atoms with Crippen molar-refractivity contribution >= 4 is 16.9 Å². The minimum Gasteiger partial charge on any atom is -0.493 e. The molecule has 0 amide bonds. The van der Waals surface area contributed by atoms with Crippen LogP contribution < -0.4 is 14.4 Å². The topological polar surface area (TPSA) is 66.5 Å². The van der Waals surface area contributed by atoms with Gasteiger partial charge in [-0.1, -0.05) is 0 Å². The van der Waals surface area contributed by atoms with Crippen molar-refractivity contribution in [2.45, 2.75) is 31.8 Å². The van der Waals surface area contributed by atoms with E-state index in [0.29, 0.717) is 6.04 Å². The van der Waals surface area contributed by atoms with E-state index in [-0.39, 0.29) is 0 Å². The van der Waals surface area contributed by atoms with Crippen molar-refractivity contribution in [2.75, 3.05) is 38.8 Å². The number of ether oxygens (including phenoxy) is 2. The van der Waals surface area contributed by atoms with E-state index in [1.807, 2.05) is 6.20 Å². The van der Waals surface area contributed by atoms with E-state index < -0.39 is 0 Å². The molecule has 1 saturated heterocycles. The van der Waals surface area contributed by atoms with Crippen molar-refractivity contribution < 1.29 is 9.47 Å². The van der Waals surface area contributed by atoms with Gasteiger partial charge in [0, 0.05) is 38.4 Å². The average Bonchev–Trinajstić information content (AvgIpc) is 3.27. The van der Waals surface area contributed by atoms with Crippen molar-refractivity contribution in [1.29, 1.82) is 0 Å². The molecule has 1 fully saturated rings. The molecule has 1 aromatic carbocycles. The van der Waals surface area contributed by atoms with Crippen LogP contribution in [0.3, 0.4) is 0 Å². The molecule has 152 valence electrons. The van der Waals surface area contributed by atoms with Crippen molar-refractivity contribution in [1.82, 2.24) is 19.9 Å². The number of nitrogens with one attached hydrogen (secondary N) is 1. The van der Waals surface area contributed by atoms with Gasteiger partial charge < -0.3 is 19.4 Å². The quantitative estimate of drug-likeness (QED) is 0.735. The average molecular weight is 393 g/mol. The molecule has 1 N–H and O–H groups in total. The summed E-state index contributed by atoms with van der Waals surface area (Å²) >= 11 is 0. The fourth-order valence-corrected chi connectivity index (χ4v) is 4.77. The fraction of sp³-hybridized carbons (Fsp3) is 0.455. The SMILES string of the molecule is COc1cc2c(cc1OC)CN(C1CCCN(c3ncnc4[nH]ccc34)C1)CC2. The van der Waals surface area contributed by atoms with Gasteiger partial charge in [-0.2, -0.15) is 0 Å². The van der Waals surface area contributed by atoms with E-state index in [2.05, 4.69) is 43.0 Å². The lowest BCUT2D eigenvalue weighted by Gasteiger charge is -2.42. The smallest absolute Gasteiger partial charge is 0.161 e. The number of aromatic nitrogens is 3. The predicted octanol–water partition coefficient (Wildman–Crippen LogP) is 3.00. The molecular formula is C22H27N5O2. The lowest BCUT2D eigenvalue weighted by molar-refractivity contribution is 0.159. The molecule has 2 aliphatic heterocycles. The maximum absolute atomic E-state index is 5.52. The minimum absolute atomic E-state index is 0.522. The van der Waals surface area contributed by atoms with Gasteiger partial charge in [-0.05, 0) is 48.6 Å². The second-order valence-corrected chi connectivity index (χ2v) is 7.88. The summed E-state index contributed by atoms with van der Waals surface area (Å²) in [5.74, 6) is 2.68. The Morgan fingerprint density at radius 3 is 2.72 bits per heavy atom. The Kier molecular flexibility index (Phi) is 4.75. The lowest BCUT2D eigenvalue weighted by Crippen LogP contribution is -2.49. The molecule has 2 aromatic heterocycles. The molecule has 7 heteroatoms. The molecule has 1 unspecified atom stereocenters. The minimum atomic E-state index is 0.522. The zero-order chi connectivity index (χ0) is 19.8. The van der Waals surface area contributed by atoms with Crippen LogP contribution in [0.15, 0.2) is 30.7 Å². The zero-order valence-electron chi connectivity index (χ0n) is 17.0. The number of aromatic amines is 1. The number of anilines is 1. The van der Waals surface area contributed by atoms with Gasteiger partial charge in [-0.3, -0.25) is 4.90 Å². The molecular weight excluding hydrogens is 366 g/mol. The highest BCUT2D eigenvalue weighted by Crippen LogP contribution is 2.35. The predicted molar refractivity (Wildman–Crippen MR) is 113 cm³/mol. The maximum atomic E-state index is 5.52. The number of methoxy groups -OCH3 is 2. The van der Waals surface area contributed by atoms with Crippen molar-refractivity contribution in [3.05, 3.63) is 41.9 Å². The van der Waals surface area contributed by atoms with Crippen LogP contribution in [-0.2, 0) is 13.0 Å². The van der Waals surface area contributed by atoms with E-state index in [1.54, 1.807) is 20.5 Å². The van der Waals surface area contributed by atoms with Gasteiger partial charge in [0.15, 0.2) is 11.5 Å². The van der Waals surface area contributed by atoms with Crippen LogP contribution in [0.2, 0.25) is 0 Å². The number of rotatable bonds is 4. The van der Waals surface area contributed by atoms with E-state index in [9.17, 15) is 0 Å². The number of hydrogen-bond donors (Lipinski definition) is 1. The Bertz CT molecular complexity index is 1020. The Morgan fingerprint density at radius 2 is 1.90 bits per heavy atom. The molecule has 1 atom stereocenters. The van der Waals surface area contributed by atoms with Crippen LogP contribution in [0.5, 0.6) is 11.5 Å². The zero-order valence-corrected chi connectivity index (χ0v) is 17.0. The van der Waals surface area contributed by atoms with Crippen LogP contribution in [0.4, 0.5) is 5.82 Å². The molecule has 4 heterocycles. The molecule has 0 aliphatic carbocycles. The van der Waals surface area contributed by atoms with Crippen molar-refractivity contribution in [3.63, 3.8) is 0 Å². The third-order valence-corrected chi connectivity index (χ3v) is 6.29. The van der Waals surface area contributed by atoms with Crippen LogP contribution in [0.25, 0.3) is 11.0 Å². The summed E-state index contributed by atoms with van der Waals surface area (Å²) in [5.41, 5.74) is 3.63. The summed E-state index contributed by atoms with van der Waals surface area (Å²) in [4.78, 5) is 17.2. The monoisotopic (exact) mass is 393 g/mol. The third-order valence-electron chi connectivity index (χ3n) is 6.29. The highest BCUT2D eigenvalue weighted by Gasteiger charge is 2.30. The summed E-state index contributed by atoms with van der Waals surface area (Å²) in [6.07, 6.45) is 7.04. The van der Waals surface area contributed by atoms with E-state index in [0.717, 1.165) is 61.0 Å². The summed E-state index contributed by atoms with van der Waals surface area (Å²) < 4.78 is 11.0. The van der Waals surface area contributed by atoms with Crippen LogP contribution in [-0.4, -0.2) is 59.7 Å². The largest absolute Gasteiger partial charge is 0.493 e. The molecule has 3 aromatic rings. The van der Waals surface area contributed by atoms with Crippen LogP contribution in [0, 0.1) is 0 Å². The molecule has 0 radical (unpaired) electrons. The van der Waals surface area contributed by atoms with Crippen molar-refractivity contribution in [2.24, 2.45) is 0 Å². The van der Waals surface area contributed by atoms with E-state index in [1.165, 1.54) is 24.0 Å². The summed E-state index contributed by atoms with van der Waals surface area (Å²) in [6, 6.07) is 6.89. The molecule has 2 aliphatic rings. The molecule has 0 spiro atoms. The number of fused-ring (bicyclic) bond motifs is 2. The van der Waals surface area contributed by atoms with E-state index >= 15 is 0 Å². The van der Waals surface area contributed by atoms with Crippen LogP contribution >= 0.6 is 0 Å². The lowest BCUT2D eigenvalue weighted by atomic mass is 9.95. The van der Waals surface area contributed by atoms with Gasteiger partial charge in [0.2, 0.25) is 0 Å². The number of piperidine rings is 1. The van der Waals surface area contributed by atoms with Gasteiger partial charge in [0.05, 0.1) is 19.6 Å². The van der Waals surface area contributed by atoms with Gasteiger partial charge in [-0.25, -0.2) is 9.97 Å². The first kappa shape index (κ1) is 18.2. The Morgan fingerprint density at radius 1 is 1.07 bits per heavy atom. The fourth-order valence-electron chi connectivity index (χ4n) is 4.77. The Hall–Kier alpha value is -2.80. The number of nitrogens with zero attached hydrogens (tertiary/aromatic N) is 4. The van der Waals surface area contributed by atoms with Crippen molar-refractivity contribution in [3.8, 4) is 11.5 Å². The summed E-state index contributed by atoms with van der Waals surface area (Å²) in [7, 11) is 3.40. The van der Waals surface area contributed by atoms with Gasteiger partial charge in [0.1, 0.15) is 17.8 Å². The highest BCUT2D eigenvalue weighted by atomic mass is 16.5. The first-order valence-corrected chi connectivity index (χ1v) is 10.3. The van der Waals surface area contributed by atoms with Gasteiger partial charge in [0.25, 0.3) is 0 Å². The molecule has 0 bridgehead atoms. The molecule has 0 saturated carbocycles. The maximum Gasteiger partial charge on any atom is 0.161 e. The number of hydrogen-bond acceptors (Lipinski definition) is 6. The number of benzene rings is 1. The highest BCUT2D eigenvalue weighted by molar-refractivity contribution is 5.87. The van der Waals surface area contributed by atoms with E-state index in [4.69, 9.17) is 9.47 Å². The van der Waals surface area contributed by atoms with Gasteiger partial charge >= 0.3 is 0 Å². The summed E-state index contributed by atoms with van der Waals surface area (Å²) in [6.45, 7) is 4.07. The normalized spacial score (nSPS) is 19.9. The first-order chi connectivity index (χ1) is 14.3. The molecule has 5 rings (SSSR count). The molecule has 29 heavy (non-hydrogen) atoms. The second kappa shape index (κ2) is 7.55. The van der Waals surface area contributed by atoms with Gasteiger partial charge in [-0.15, -0.1) is 0 Å². The first-order valence-electron chi connectivity index (χ1n) is 10.3. The number of H-pyrrole nitrogens is 1. The Balaban J connectivity index is 1.36. The summed E-state index contributed by atoms with van der Waals surface area (Å²) in [5, 5.41) is 1.11. The third kappa shape index (κ3) is 3.29. The molecule has 7 nitrogen and oxygen atoms in total. The second-order valence-electron chi connectivity index (χ2n) is 7.88. The standard InChI is InChI=1S/C22H27N5O2/c1-28-19-10-15-6-9-26(12-16(15)11-20(19)29-2)17-4-3-8-27(13-17)22-18-5-7-23-21(18)24-14-25-22/h5,7,10-11,14,17H,3-4,6,8-9,12-13H2,1-2H3,(H,23,24,25). The Labute approximate surface area is 170 Å².